The molecule has 1 amide bonds. The summed E-state index contributed by atoms with van der Waals surface area (Å²) in [5, 5.41) is 6.55. The van der Waals surface area contributed by atoms with E-state index in [1.165, 1.54) is 16.8 Å². The lowest BCUT2D eigenvalue weighted by molar-refractivity contribution is -0.137. The number of nitrogens with zero attached hydrogens (tertiary/aromatic N) is 2. The van der Waals surface area contributed by atoms with Crippen molar-refractivity contribution in [3.05, 3.63) is 47.3 Å². The van der Waals surface area contributed by atoms with Crippen molar-refractivity contribution in [2.45, 2.75) is 13.1 Å². The van der Waals surface area contributed by atoms with Crippen LogP contribution in [0.4, 0.5) is 18.9 Å². The number of halogens is 3. The monoisotopic (exact) mass is 283 g/mol. The molecule has 7 heteroatoms. The van der Waals surface area contributed by atoms with Gasteiger partial charge in [0.05, 0.1) is 11.3 Å². The number of aromatic nitrogens is 2. The molecule has 1 heterocycles. The second-order valence-corrected chi connectivity index (χ2v) is 4.32. The minimum absolute atomic E-state index is 0.293. The molecule has 0 spiro atoms. The summed E-state index contributed by atoms with van der Waals surface area (Å²) >= 11 is 0. The Morgan fingerprint density at radius 1 is 1.25 bits per heavy atom. The first-order valence-corrected chi connectivity index (χ1v) is 5.76. The number of nitrogens with one attached hydrogen (secondary N) is 1. The van der Waals surface area contributed by atoms with Crippen molar-refractivity contribution < 1.29 is 18.0 Å². The van der Waals surface area contributed by atoms with Gasteiger partial charge in [0, 0.05) is 12.7 Å². The van der Waals surface area contributed by atoms with Crippen LogP contribution in [0.15, 0.2) is 30.3 Å². The van der Waals surface area contributed by atoms with Gasteiger partial charge in [-0.1, -0.05) is 0 Å². The van der Waals surface area contributed by atoms with Crippen LogP contribution in [0.3, 0.4) is 0 Å². The minimum Gasteiger partial charge on any atom is -0.321 e. The fourth-order valence-corrected chi connectivity index (χ4v) is 1.76. The van der Waals surface area contributed by atoms with Gasteiger partial charge in [-0.25, -0.2) is 0 Å². The maximum Gasteiger partial charge on any atom is 0.416 e. The summed E-state index contributed by atoms with van der Waals surface area (Å²) in [6.45, 7) is 1.74. The highest BCUT2D eigenvalue weighted by Crippen LogP contribution is 2.29. The third-order valence-corrected chi connectivity index (χ3v) is 2.70. The molecule has 20 heavy (non-hydrogen) atoms. The summed E-state index contributed by atoms with van der Waals surface area (Å²) in [5.74, 6) is -0.423. The highest BCUT2D eigenvalue weighted by atomic mass is 19.4. The molecule has 0 aliphatic carbocycles. The number of carbonyl (C=O) groups excluding carboxylic acids is 1. The summed E-state index contributed by atoms with van der Waals surface area (Å²) in [4.78, 5) is 11.9. The molecule has 1 aromatic heterocycles. The Morgan fingerprint density at radius 2 is 1.85 bits per heavy atom. The van der Waals surface area contributed by atoms with Gasteiger partial charge in [-0.15, -0.1) is 0 Å². The lowest BCUT2D eigenvalue weighted by Crippen LogP contribution is -2.16. The number of alkyl halides is 3. The molecule has 0 bridgehead atoms. The van der Waals surface area contributed by atoms with Crippen LogP contribution < -0.4 is 5.32 Å². The number of hydrogen-bond acceptors (Lipinski definition) is 2. The maximum absolute atomic E-state index is 12.4. The van der Waals surface area contributed by atoms with E-state index in [0.29, 0.717) is 17.1 Å². The molecule has 0 unspecified atom stereocenters. The van der Waals surface area contributed by atoms with Crippen LogP contribution in [0.5, 0.6) is 0 Å². The van der Waals surface area contributed by atoms with E-state index in [0.717, 1.165) is 12.1 Å². The van der Waals surface area contributed by atoms with E-state index in [1.807, 2.05) is 0 Å². The van der Waals surface area contributed by atoms with Crippen molar-refractivity contribution in [2.75, 3.05) is 5.32 Å². The number of hydrogen-bond donors (Lipinski definition) is 1. The van der Waals surface area contributed by atoms with Gasteiger partial charge < -0.3 is 5.32 Å². The summed E-state index contributed by atoms with van der Waals surface area (Å²) in [6.07, 6.45) is -4.39. The van der Waals surface area contributed by atoms with Gasteiger partial charge in [0.1, 0.15) is 5.69 Å². The number of anilines is 1. The van der Waals surface area contributed by atoms with Gasteiger partial charge in [0.25, 0.3) is 5.91 Å². The average molecular weight is 283 g/mol. The van der Waals surface area contributed by atoms with Crippen LogP contribution >= 0.6 is 0 Å². The van der Waals surface area contributed by atoms with Gasteiger partial charge in [0.15, 0.2) is 0 Å². The van der Waals surface area contributed by atoms with E-state index in [9.17, 15) is 18.0 Å². The lowest BCUT2D eigenvalue weighted by atomic mass is 10.2. The van der Waals surface area contributed by atoms with Gasteiger partial charge >= 0.3 is 6.18 Å². The van der Waals surface area contributed by atoms with E-state index in [2.05, 4.69) is 10.4 Å². The van der Waals surface area contributed by atoms with Gasteiger partial charge in [-0.3, -0.25) is 9.48 Å². The van der Waals surface area contributed by atoms with E-state index < -0.39 is 17.6 Å². The third-order valence-electron chi connectivity index (χ3n) is 2.70. The summed E-state index contributed by atoms with van der Waals surface area (Å²) in [6, 6.07) is 5.86. The quantitative estimate of drug-likeness (QED) is 0.921. The molecule has 4 nitrogen and oxygen atoms in total. The Balaban J connectivity index is 2.14. The summed E-state index contributed by atoms with van der Waals surface area (Å²) in [5.41, 5.74) is 0.557. The fourth-order valence-electron chi connectivity index (χ4n) is 1.76. The van der Waals surface area contributed by atoms with Gasteiger partial charge in [-0.2, -0.15) is 18.3 Å². The molecule has 0 atom stereocenters. The molecule has 1 N–H and O–H groups in total. The zero-order valence-corrected chi connectivity index (χ0v) is 10.8. The second kappa shape index (κ2) is 4.99. The highest BCUT2D eigenvalue weighted by molar-refractivity contribution is 6.03. The molecule has 0 fully saturated rings. The SMILES string of the molecule is Cc1cc(C(=O)Nc2ccc(C(F)(F)F)cc2)n(C)n1. The zero-order valence-electron chi connectivity index (χ0n) is 10.8. The van der Waals surface area contributed by atoms with Crippen LogP contribution in [0.1, 0.15) is 21.7 Å². The molecule has 0 aliphatic heterocycles. The maximum atomic E-state index is 12.4. The molecule has 1 aromatic carbocycles. The predicted octanol–water partition coefficient (Wildman–Crippen LogP) is 3.00. The lowest BCUT2D eigenvalue weighted by Gasteiger charge is -2.08. The molecule has 2 rings (SSSR count). The van der Waals surface area contributed by atoms with Crippen molar-refractivity contribution in [1.29, 1.82) is 0 Å². The summed E-state index contributed by atoms with van der Waals surface area (Å²) in [7, 11) is 1.62. The summed E-state index contributed by atoms with van der Waals surface area (Å²) < 4.78 is 38.6. The van der Waals surface area contributed by atoms with E-state index in [4.69, 9.17) is 0 Å². The minimum atomic E-state index is -4.39. The van der Waals surface area contributed by atoms with Crippen molar-refractivity contribution in [3.63, 3.8) is 0 Å². The molecular weight excluding hydrogens is 271 g/mol. The molecule has 0 saturated carbocycles. The average Bonchev–Trinajstić information content (AvgIpc) is 2.68. The first-order chi connectivity index (χ1) is 9.27. The van der Waals surface area contributed by atoms with Crippen molar-refractivity contribution in [1.82, 2.24) is 9.78 Å². The van der Waals surface area contributed by atoms with E-state index in [-0.39, 0.29) is 0 Å². The molecule has 0 saturated heterocycles. The standard InChI is InChI=1S/C13H12F3N3O/c1-8-7-11(19(2)18-8)12(20)17-10-5-3-9(4-6-10)13(14,15)16/h3-7H,1-2H3,(H,17,20). The molecule has 0 radical (unpaired) electrons. The van der Waals surface area contributed by atoms with Crippen molar-refractivity contribution in [2.24, 2.45) is 7.05 Å². The molecule has 2 aromatic rings. The van der Waals surface area contributed by atoms with E-state index >= 15 is 0 Å². The Kier molecular flexibility index (Phi) is 3.52. The van der Waals surface area contributed by atoms with Crippen LogP contribution in [0.2, 0.25) is 0 Å². The fraction of sp³-hybridized carbons (Fsp3) is 0.231. The van der Waals surface area contributed by atoms with Crippen molar-refractivity contribution in [3.8, 4) is 0 Å². The van der Waals surface area contributed by atoms with Crippen LogP contribution in [0.25, 0.3) is 0 Å². The normalized spacial score (nSPS) is 11.4. The van der Waals surface area contributed by atoms with E-state index in [1.54, 1.807) is 20.0 Å². The number of rotatable bonds is 2. The van der Waals surface area contributed by atoms with Gasteiger partial charge in [0.2, 0.25) is 0 Å². The Bertz CT molecular complexity index is 629. The Morgan fingerprint density at radius 3 is 2.30 bits per heavy atom. The Labute approximate surface area is 113 Å². The molecule has 106 valence electrons. The number of carbonyl (C=O) groups is 1. The first kappa shape index (κ1) is 14.1. The number of aryl methyl sites for hydroxylation is 2. The second-order valence-electron chi connectivity index (χ2n) is 4.32. The third kappa shape index (κ3) is 2.98. The number of benzene rings is 1. The molecule has 0 aliphatic rings. The number of amides is 1. The smallest absolute Gasteiger partial charge is 0.321 e. The van der Waals surface area contributed by atoms with Crippen molar-refractivity contribution >= 4 is 11.6 Å². The topological polar surface area (TPSA) is 46.9 Å². The van der Waals surface area contributed by atoms with Crippen LogP contribution in [0, 0.1) is 6.92 Å². The molecular formula is C13H12F3N3O. The largest absolute Gasteiger partial charge is 0.416 e. The zero-order chi connectivity index (χ0) is 14.9. The highest BCUT2D eigenvalue weighted by Gasteiger charge is 2.30. The first-order valence-electron chi connectivity index (χ1n) is 5.76. The van der Waals surface area contributed by atoms with Crippen LogP contribution in [-0.4, -0.2) is 15.7 Å². The predicted molar refractivity (Wildman–Crippen MR) is 67.3 cm³/mol. The van der Waals surface area contributed by atoms with Gasteiger partial charge in [-0.05, 0) is 37.3 Å². The van der Waals surface area contributed by atoms with Crippen LogP contribution in [-0.2, 0) is 13.2 Å². The Hall–Kier alpha value is -2.31.